The van der Waals surface area contributed by atoms with Crippen molar-refractivity contribution < 1.29 is 14.7 Å². The number of aliphatic imine (C=N–C) groups is 1. The van der Waals surface area contributed by atoms with Crippen molar-refractivity contribution in [3.05, 3.63) is 35.4 Å². The second-order valence-electron chi connectivity index (χ2n) is 5.79. The zero-order valence-electron chi connectivity index (χ0n) is 11.7. The first-order valence-electron chi connectivity index (χ1n) is 6.39. The van der Waals surface area contributed by atoms with Crippen LogP contribution in [-0.2, 0) is 15.0 Å². The van der Waals surface area contributed by atoms with Crippen molar-refractivity contribution in [3.63, 3.8) is 0 Å². The summed E-state index contributed by atoms with van der Waals surface area (Å²) in [5.74, 6) is -1.33. The van der Waals surface area contributed by atoms with Crippen LogP contribution in [0.1, 0.15) is 38.3 Å². The molecular weight excluding hydrogens is 274 g/mol. The lowest BCUT2D eigenvalue weighted by atomic mass is 9.87. The highest BCUT2D eigenvalue weighted by molar-refractivity contribution is 8.16. The van der Waals surface area contributed by atoms with Gasteiger partial charge in [-0.25, -0.2) is 4.99 Å². The van der Waals surface area contributed by atoms with Crippen molar-refractivity contribution in [1.82, 2.24) is 0 Å². The normalized spacial score (nSPS) is 19.1. The average Bonchev–Trinajstić information content (AvgIpc) is 2.69. The van der Waals surface area contributed by atoms with Crippen molar-refractivity contribution in [2.45, 2.75) is 37.9 Å². The van der Waals surface area contributed by atoms with Gasteiger partial charge in [0.05, 0.1) is 6.42 Å². The van der Waals surface area contributed by atoms with Crippen molar-refractivity contribution >= 4 is 28.7 Å². The first-order valence-corrected chi connectivity index (χ1v) is 7.27. The third-order valence-electron chi connectivity index (χ3n) is 3.10. The van der Waals surface area contributed by atoms with E-state index >= 15 is 0 Å². The fourth-order valence-electron chi connectivity index (χ4n) is 1.92. The van der Waals surface area contributed by atoms with Crippen LogP contribution in [0, 0.1) is 0 Å². The Morgan fingerprint density at radius 3 is 2.40 bits per heavy atom. The molecule has 1 heterocycles. The number of carboxylic acid groups (broad SMARTS) is 1. The first-order chi connectivity index (χ1) is 9.27. The van der Waals surface area contributed by atoms with E-state index in [2.05, 4.69) is 25.8 Å². The number of carbonyl (C=O) groups is 2. The molecule has 0 bridgehead atoms. The highest BCUT2D eigenvalue weighted by Crippen LogP contribution is 2.30. The number of aliphatic carboxylic acids is 1. The monoisotopic (exact) mass is 291 g/mol. The van der Waals surface area contributed by atoms with E-state index in [-0.39, 0.29) is 17.7 Å². The topological polar surface area (TPSA) is 66.7 Å². The Kier molecular flexibility index (Phi) is 3.99. The molecule has 1 aliphatic heterocycles. The van der Waals surface area contributed by atoms with Crippen LogP contribution >= 0.6 is 11.8 Å². The maximum Gasteiger partial charge on any atom is 0.305 e. The van der Waals surface area contributed by atoms with Crippen LogP contribution in [-0.4, -0.2) is 27.3 Å². The van der Waals surface area contributed by atoms with Gasteiger partial charge in [-0.05, 0) is 11.0 Å². The predicted octanol–water partition coefficient (Wildman–Crippen LogP) is 2.85. The molecule has 0 saturated heterocycles. The van der Waals surface area contributed by atoms with Gasteiger partial charge >= 0.3 is 5.97 Å². The van der Waals surface area contributed by atoms with Gasteiger partial charge in [0.15, 0.2) is 0 Å². The summed E-state index contributed by atoms with van der Waals surface area (Å²) in [7, 11) is 0. The second kappa shape index (κ2) is 5.40. The number of amides is 1. The zero-order chi connectivity index (χ0) is 14.9. The maximum atomic E-state index is 11.6. The van der Waals surface area contributed by atoms with Gasteiger partial charge in [-0.15, -0.1) is 0 Å². The minimum atomic E-state index is -0.976. The summed E-state index contributed by atoms with van der Waals surface area (Å²) < 4.78 is 0. The van der Waals surface area contributed by atoms with Gasteiger partial charge in [-0.3, -0.25) is 9.59 Å². The minimum absolute atomic E-state index is 0.0742. The van der Waals surface area contributed by atoms with Gasteiger partial charge in [0, 0.05) is 5.56 Å². The van der Waals surface area contributed by atoms with Crippen LogP contribution in [0.4, 0.5) is 0 Å². The molecule has 0 spiro atoms. The van der Waals surface area contributed by atoms with Crippen LogP contribution in [0.5, 0.6) is 0 Å². The summed E-state index contributed by atoms with van der Waals surface area (Å²) in [6, 6.07) is 7.91. The summed E-state index contributed by atoms with van der Waals surface area (Å²) in [6.45, 7) is 6.41. The van der Waals surface area contributed by atoms with E-state index in [0.29, 0.717) is 5.04 Å². The molecule has 0 radical (unpaired) electrons. The average molecular weight is 291 g/mol. The van der Waals surface area contributed by atoms with E-state index < -0.39 is 11.2 Å². The molecule has 0 unspecified atom stereocenters. The maximum absolute atomic E-state index is 11.6. The molecule has 106 valence electrons. The molecule has 1 aliphatic rings. The lowest BCUT2D eigenvalue weighted by Crippen LogP contribution is -2.15. The summed E-state index contributed by atoms with van der Waals surface area (Å²) in [5, 5.41) is 8.78. The van der Waals surface area contributed by atoms with Crippen LogP contribution < -0.4 is 0 Å². The molecule has 1 aromatic rings. The molecule has 1 atom stereocenters. The minimum Gasteiger partial charge on any atom is -0.481 e. The summed E-state index contributed by atoms with van der Waals surface area (Å²) in [6.07, 6.45) is -0.184. The number of rotatable bonds is 3. The van der Waals surface area contributed by atoms with Crippen LogP contribution in [0.2, 0.25) is 0 Å². The third kappa shape index (κ3) is 3.28. The van der Waals surface area contributed by atoms with E-state index in [1.165, 1.54) is 17.3 Å². The number of nitrogens with zero attached hydrogens (tertiary/aromatic N) is 1. The largest absolute Gasteiger partial charge is 0.481 e. The molecule has 20 heavy (non-hydrogen) atoms. The quantitative estimate of drug-likeness (QED) is 0.930. The van der Waals surface area contributed by atoms with Crippen molar-refractivity contribution in [3.8, 4) is 0 Å². The molecule has 0 fully saturated rings. The third-order valence-corrected chi connectivity index (χ3v) is 4.30. The number of carbonyl (C=O) groups excluding carboxylic acids is 1. The van der Waals surface area contributed by atoms with Gasteiger partial charge in [-0.2, -0.15) is 0 Å². The summed E-state index contributed by atoms with van der Waals surface area (Å²) in [5.41, 5.74) is 2.15. The van der Waals surface area contributed by atoms with Crippen LogP contribution in [0.25, 0.3) is 0 Å². The Bertz CT molecular complexity index is 570. The number of carboxylic acids is 1. The van der Waals surface area contributed by atoms with Gasteiger partial charge in [0.1, 0.15) is 10.3 Å². The van der Waals surface area contributed by atoms with Gasteiger partial charge < -0.3 is 5.11 Å². The first kappa shape index (κ1) is 14.8. The van der Waals surface area contributed by atoms with Crippen molar-refractivity contribution in [2.75, 3.05) is 0 Å². The lowest BCUT2D eigenvalue weighted by molar-refractivity contribution is -0.138. The van der Waals surface area contributed by atoms with Crippen LogP contribution in [0.3, 0.4) is 0 Å². The molecule has 5 heteroatoms. The van der Waals surface area contributed by atoms with E-state index in [4.69, 9.17) is 5.11 Å². The Hall–Kier alpha value is -1.62. The summed E-state index contributed by atoms with van der Waals surface area (Å²) in [4.78, 5) is 26.3. The molecule has 2 rings (SSSR count). The van der Waals surface area contributed by atoms with E-state index in [1.807, 2.05) is 24.3 Å². The molecule has 4 nitrogen and oxygen atoms in total. The lowest BCUT2D eigenvalue weighted by Gasteiger charge is -2.19. The Balaban J connectivity index is 2.16. The smallest absolute Gasteiger partial charge is 0.305 e. The van der Waals surface area contributed by atoms with Crippen LogP contribution in [0.15, 0.2) is 29.3 Å². The molecule has 0 saturated carbocycles. The van der Waals surface area contributed by atoms with Gasteiger partial charge in [-0.1, -0.05) is 56.8 Å². The highest BCUT2D eigenvalue weighted by Gasteiger charge is 2.31. The Morgan fingerprint density at radius 1 is 1.30 bits per heavy atom. The number of benzene rings is 1. The predicted molar refractivity (Wildman–Crippen MR) is 80.3 cm³/mol. The van der Waals surface area contributed by atoms with E-state index in [1.54, 1.807) is 0 Å². The van der Waals surface area contributed by atoms with Crippen molar-refractivity contribution in [2.24, 2.45) is 4.99 Å². The molecule has 0 aromatic heterocycles. The molecule has 1 aromatic carbocycles. The second-order valence-corrected chi connectivity index (χ2v) is 6.98. The van der Waals surface area contributed by atoms with Gasteiger partial charge in [0.25, 0.3) is 5.91 Å². The number of hydrogen-bond acceptors (Lipinski definition) is 3. The molecule has 0 aliphatic carbocycles. The standard InChI is InChI=1S/C15H17NO3S/c1-15(2,3)10-6-4-9(5-7-10)14-16-13(19)11(20-14)8-12(17)18/h4-7,11H,8H2,1-3H3,(H,17,18)/t11-/m0/s1. The SMILES string of the molecule is CC(C)(C)c1ccc(C2=NC(=O)[C@H](CC(=O)O)S2)cc1. The fraction of sp³-hybridized carbons (Fsp3) is 0.400. The highest BCUT2D eigenvalue weighted by atomic mass is 32.2. The molecule has 1 N–H and O–H groups in total. The van der Waals surface area contributed by atoms with Gasteiger partial charge in [0.2, 0.25) is 0 Å². The number of thioether (sulfide) groups is 1. The zero-order valence-corrected chi connectivity index (χ0v) is 12.5. The Labute approximate surface area is 122 Å². The number of hydrogen-bond donors (Lipinski definition) is 1. The van der Waals surface area contributed by atoms with Crippen molar-refractivity contribution in [1.29, 1.82) is 0 Å². The molecular formula is C15H17NO3S. The molecule has 1 amide bonds. The summed E-state index contributed by atoms with van der Waals surface area (Å²) >= 11 is 1.23. The van der Waals surface area contributed by atoms with E-state index in [9.17, 15) is 9.59 Å². The Morgan fingerprint density at radius 2 is 1.90 bits per heavy atom. The fourth-order valence-corrected chi connectivity index (χ4v) is 2.98. The van der Waals surface area contributed by atoms with E-state index in [0.717, 1.165) is 5.56 Å².